The number of rotatable bonds is 4. The standard InChI is InChI=1S/C20H22N4O/c1-14-10-11-19(23(14)4)13-21-22-20(25)17-6-5-7-18(12-17)24-15(2)8-9-16(24)3/h5-13H,1-4H3,(H,22,25)/b21-13+. The molecule has 2 heterocycles. The Morgan fingerprint density at radius 3 is 2.32 bits per heavy atom. The first kappa shape index (κ1) is 16.8. The molecule has 0 atom stereocenters. The molecule has 3 aromatic rings. The normalized spacial score (nSPS) is 11.2. The topological polar surface area (TPSA) is 51.3 Å². The molecular weight excluding hydrogens is 312 g/mol. The maximum atomic E-state index is 12.4. The van der Waals surface area contributed by atoms with Gasteiger partial charge in [0.25, 0.3) is 5.91 Å². The van der Waals surface area contributed by atoms with Crippen LogP contribution in [0, 0.1) is 20.8 Å². The number of amides is 1. The lowest BCUT2D eigenvalue weighted by molar-refractivity contribution is 0.0955. The zero-order valence-electron chi connectivity index (χ0n) is 14.9. The highest BCUT2D eigenvalue weighted by Gasteiger charge is 2.08. The largest absolute Gasteiger partial charge is 0.347 e. The predicted octanol–water partition coefficient (Wildman–Crippen LogP) is 3.50. The lowest BCUT2D eigenvalue weighted by atomic mass is 10.2. The van der Waals surface area contributed by atoms with Gasteiger partial charge in [0.1, 0.15) is 0 Å². The predicted molar refractivity (Wildman–Crippen MR) is 100 cm³/mol. The van der Waals surface area contributed by atoms with Crippen LogP contribution in [-0.4, -0.2) is 21.3 Å². The summed E-state index contributed by atoms with van der Waals surface area (Å²) in [5, 5.41) is 4.07. The fourth-order valence-electron chi connectivity index (χ4n) is 2.85. The summed E-state index contributed by atoms with van der Waals surface area (Å²) in [6.45, 7) is 6.12. The molecular formula is C20H22N4O. The molecule has 5 heteroatoms. The van der Waals surface area contributed by atoms with Crippen molar-refractivity contribution in [3.05, 3.63) is 76.9 Å². The molecule has 0 saturated carbocycles. The van der Waals surface area contributed by atoms with Gasteiger partial charge in [-0.1, -0.05) is 6.07 Å². The summed E-state index contributed by atoms with van der Waals surface area (Å²) in [5.74, 6) is -0.230. The van der Waals surface area contributed by atoms with Crippen molar-refractivity contribution in [3.63, 3.8) is 0 Å². The number of hydrogen-bond acceptors (Lipinski definition) is 2. The number of nitrogens with one attached hydrogen (secondary N) is 1. The third-order valence-corrected chi connectivity index (χ3v) is 4.41. The van der Waals surface area contributed by atoms with Crippen LogP contribution in [0.1, 0.15) is 33.1 Å². The highest BCUT2D eigenvalue weighted by atomic mass is 16.2. The van der Waals surface area contributed by atoms with E-state index in [1.807, 2.05) is 62.7 Å². The van der Waals surface area contributed by atoms with Crippen molar-refractivity contribution in [3.8, 4) is 5.69 Å². The van der Waals surface area contributed by atoms with Crippen LogP contribution in [0.4, 0.5) is 0 Å². The maximum Gasteiger partial charge on any atom is 0.271 e. The second-order valence-corrected chi connectivity index (χ2v) is 6.16. The lowest BCUT2D eigenvalue weighted by Gasteiger charge is -2.10. The first-order chi connectivity index (χ1) is 12.0. The van der Waals surface area contributed by atoms with E-state index in [9.17, 15) is 4.79 Å². The van der Waals surface area contributed by atoms with Crippen LogP contribution in [-0.2, 0) is 7.05 Å². The van der Waals surface area contributed by atoms with Crippen LogP contribution in [0.2, 0.25) is 0 Å². The van der Waals surface area contributed by atoms with Crippen LogP contribution >= 0.6 is 0 Å². The van der Waals surface area contributed by atoms with E-state index in [-0.39, 0.29) is 5.91 Å². The Kier molecular flexibility index (Phi) is 4.57. The fourth-order valence-corrected chi connectivity index (χ4v) is 2.85. The minimum Gasteiger partial charge on any atom is -0.347 e. The molecule has 0 fully saturated rings. The van der Waals surface area contributed by atoms with Gasteiger partial charge in [-0.3, -0.25) is 4.79 Å². The Balaban J connectivity index is 1.77. The first-order valence-electron chi connectivity index (χ1n) is 8.18. The fraction of sp³-hybridized carbons (Fsp3) is 0.200. The van der Waals surface area contributed by atoms with E-state index in [2.05, 4.69) is 27.2 Å². The van der Waals surface area contributed by atoms with Gasteiger partial charge < -0.3 is 9.13 Å². The van der Waals surface area contributed by atoms with Gasteiger partial charge in [-0.2, -0.15) is 5.10 Å². The number of carbonyl (C=O) groups excluding carboxylic acids is 1. The molecule has 1 aromatic carbocycles. The van der Waals surface area contributed by atoms with Crippen molar-refractivity contribution in [2.75, 3.05) is 0 Å². The SMILES string of the molecule is Cc1ccc(/C=N/NC(=O)c2cccc(-n3c(C)ccc3C)c2)n1C. The Morgan fingerprint density at radius 1 is 1.00 bits per heavy atom. The summed E-state index contributed by atoms with van der Waals surface area (Å²) in [7, 11) is 1.96. The summed E-state index contributed by atoms with van der Waals surface area (Å²) in [6, 6.07) is 15.6. The zero-order valence-corrected chi connectivity index (χ0v) is 14.9. The van der Waals surface area contributed by atoms with Crippen LogP contribution in [0.5, 0.6) is 0 Å². The molecule has 0 aliphatic heterocycles. The number of hydrogen-bond donors (Lipinski definition) is 1. The summed E-state index contributed by atoms with van der Waals surface area (Å²) < 4.78 is 4.13. The molecule has 0 unspecified atom stereocenters. The summed E-state index contributed by atoms with van der Waals surface area (Å²) >= 11 is 0. The third kappa shape index (κ3) is 3.40. The number of aryl methyl sites for hydroxylation is 3. The Morgan fingerprint density at radius 2 is 1.68 bits per heavy atom. The monoisotopic (exact) mass is 334 g/mol. The number of nitrogens with zero attached hydrogens (tertiary/aromatic N) is 3. The molecule has 2 aromatic heterocycles. The Labute approximate surface area is 147 Å². The number of benzene rings is 1. The molecule has 0 radical (unpaired) electrons. The van der Waals surface area contributed by atoms with Gasteiger partial charge in [-0.25, -0.2) is 5.43 Å². The van der Waals surface area contributed by atoms with Gasteiger partial charge in [-0.05, 0) is 63.2 Å². The average Bonchev–Trinajstić information content (AvgIpc) is 3.10. The van der Waals surface area contributed by atoms with Crippen molar-refractivity contribution >= 4 is 12.1 Å². The molecule has 3 rings (SSSR count). The van der Waals surface area contributed by atoms with Gasteiger partial charge in [-0.15, -0.1) is 0 Å². The van der Waals surface area contributed by atoms with E-state index in [1.165, 1.54) is 0 Å². The van der Waals surface area contributed by atoms with Gasteiger partial charge in [0.05, 0.1) is 11.9 Å². The van der Waals surface area contributed by atoms with E-state index in [0.29, 0.717) is 5.56 Å². The minimum atomic E-state index is -0.230. The summed E-state index contributed by atoms with van der Waals surface area (Å²) in [6.07, 6.45) is 1.65. The van der Waals surface area contributed by atoms with E-state index in [0.717, 1.165) is 28.5 Å². The van der Waals surface area contributed by atoms with E-state index >= 15 is 0 Å². The van der Waals surface area contributed by atoms with E-state index in [1.54, 1.807) is 12.3 Å². The van der Waals surface area contributed by atoms with E-state index < -0.39 is 0 Å². The Hall–Kier alpha value is -3.08. The molecule has 0 spiro atoms. The number of aromatic nitrogens is 2. The molecule has 0 saturated heterocycles. The number of hydrazone groups is 1. The van der Waals surface area contributed by atoms with Gasteiger partial charge in [0, 0.05) is 35.4 Å². The van der Waals surface area contributed by atoms with Crippen molar-refractivity contribution in [1.82, 2.24) is 14.6 Å². The van der Waals surface area contributed by atoms with Crippen LogP contribution in [0.3, 0.4) is 0 Å². The Bertz CT molecular complexity index is 927. The van der Waals surface area contributed by atoms with E-state index in [4.69, 9.17) is 0 Å². The summed E-state index contributed by atoms with van der Waals surface area (Å²) in [4.78, 5) is 12.4. The molecule has 0 aliphatic rings. The first-order valence-corrected chi connectivity index (χ1v) is 8.18. The van der Waals surface area contributed by atoms with Crippen LogP contribution < -0.4 is 5.43 Å². The molecule has 128 valence electrons. The molecule has 0 bridgehead atoms. The van der Waals surface area contributed by atoms with Crippen molar-refractivity contribution in [2.45, 2.75) is 20.8 Å². The molecule has 1 amide bonds. The second-order valence-electron chi connectivity index (χ2n) is 6.16. The average molecular weight is 334 g/mol. The van der Waals surface area contributed by atoms with Crippen molar-refractivity contribution in [2.24, 2.45) is 12.1 Å². The maximum absolute atomic E-state index is 12.4. The highest BCUT2D eigenvalue weighted by Crippen LogP contribution is 2.17. The van der Waals surface area contributed by atoms with Gasteiger partial charge in [0.15, 0.2) is 0 Å². The zero-order chi connectivity index (χ0) is 18.0. The summed E-state index contributed by atoms with van der Waals surface area (Å²) in [5.41, 5.74) is 8.47. The smallest absolute Gasteiger partial charge is 0.271 e. The minimum absolute atomic E-state index is 0.230. The molecule has 5 nitrogen and oxygen atoms in total. The second kappa shape index (κ2) is 6.81. The molecule has 25 heavy (non-hydrogen) atoms. The number of carbonyl (C=O) groups is 1. The van der Waals surface area contributed by atoms with Crippen molar-refractivity contribution < 1.29 is 4.79 Å². The molecule has 1 N–H and O–H groups in total. The third-order valence-electron chi connectivity index (χ3n) is 4.41. The van der Waals surface area contributed by atoms with Crippen LogP contribution in [0.25, 0.3) is 5.69 Å². The molecule has 0 aliphatic carbocycles. The van der Waals surface area contributed by atoms with Gasteiger partial charge in [0.2, 0.25) is 0 Å². The van der Waals surface area contributed by atoms with Gasteiger partial charge >= 0.3 is 0 Å². The van der Waals surface area contributed by atoms with Crippen molar-refractivity contribution in [1.29, 1.82) is 0 Å². The quantitative estimate of drug-likeness (QED) is 0.576. The van der Waals surface area contributed by atoms with Crippen LogP contribution in [0.15, 0.2) is 53.6 Å². The lowest BCUT2D eigenvalue weighted by Crippen LogP contribution is -2.18. The highest BCUT2D eigenvalue weighted by molar-refractivity contribution is 5.95.